The van der Waals surface area contributed by atoms with Gasteiger partial charge >= 0.3 is 0 Å². The van der Waals surface area contributed by atoms with Crippen LogP contribution in [0.25, 0.3) is 0 Å². The Hall–Kier alpha value is -2.81. The van der Waals surface area contributed by atoms with E-state index in [0.29, 0.717) is 23.2 Å². The second kappa shape index (κ2) is 10.2. The van der Waals surface area contributed by atoms with Gasteiger partial charge in [-0.3, -0.25) is 9.36 Å². The van der Waals surface area contributed by atoms with Crippen molar-refractivity contribution in [3.8, 4) is 0 Å². The summed E-state index contributed by atoms with van der Waals surface area (Å²) in [6.07, 6.45) is 3.89. The maximum Gasteiger partial charge on any atom is 0.233 e. The molecule has 2 aromatic heterocycles. The second-order valence-electron chi connectivity index (χ2n) is 8.25. The molecule has 0 bridgehead atoms. The quantitative estimate of drug-likeness (QED) is 0.476. The molecule has 0 unspecified atom stereocenters. The van der Waals surface area contributed by atoms with Crippen molar-refractivity contribution in [1.82, 2.24) is 19.7 Å². The summed E-state index contributed by atoms with van der Waals surface area (Å²) in [6.45, 7) is 4.87. The summed E-state index contributed by atoms with van der Waals surface area (Å²) in [5.74, 6) is 2.11. The van der Waals surface area contributed by atoms with E-state index in [-0.39, 0.29) is 24.0 Å². The fraction of sp³-hybridized carbons (Fsp3) is 0.435. The van der Waals surface area contributed by atoms with Gasteiger partial charge in [0, 0.05) is 32.2 Å². The lowest BCUT2D eigenvalue weighted by Crippen LogP contribution is -2.35. The van der Waals surface area contributed by atoms with E-state index in [9.17, 15) is 9.18 Å². The van der Waals surface area contributed by atoms with Crippen LogP contribution in [0.3, 0.4) is 0 Å². The van der Waals surface area contributed by atoms with Gasteiger partial charge in [0.25, 0.3) is 0 Å². The topological polar surface area (TPSA) is 67.4 Å². The lowest BCUT2D eigenvalue weighted by Gasteiger charge is -2.31. The number of rotatable bonds is 8. The first kappa shape index (κ1) is 22.4. The maximum atomic E-state index is 13.9. The van der Waals surface area contributed by atoms with Crippen molar-refractivity contribution in [1.29, 1.82) is 0 Å². The van der Waals surface area contributed by atoms with Crippen LogP contribution in [0.2, 0.25) is 0 Å². The molecule has 1 amide bonds. The molecule has 0 aliphatic carbocycles. The van der Waals surface area contributed by atoms with Gasteiger partial charge in [0.05, 0.1) is 18.6 Å². The predicted molar refractivity (Wildman–Crippen MR) is 122 cm³/mol. The number of amides is 1. The Balaban J connectivity index is 1.45. The molecule has 0 atom stereocenters. The second-order valence-corrected chi connectivity index (χ2v) is 9.19. The number of hydrogen-bond acceptors (Lipinski definition) is 6. The third-order valence-corrected chi connectivity index (χ3v) is 6.73. The molecule has 9 heteroatoms. The SMILES string of the molecule is CC1CCN(c2nnc(SCC(=O)N(C)Cc3ccccc3F)n2Cc2ccco2)CC1. The lowest BCUT2D eigenvalue weighted by molar-refractivity contribution is -0.127. The van der Waals surface area contributed by atoms with Crippen molar-refractivity contribution in [2.24, 2.45) is 5.92 Å². The molecule has 1 aromatic carbocycles. The fourth-order valence-corrected chi connectivity index (χ4v) is 4.61. The van der Waals surface area contributed by atoms with Crippen LogP contribution >= 0.6 is 11.8 Å². The van der Waals surface area contributed by atoms with Crippen LogP contribution in [-0.2, 0) is 17.9 Å². The molecule has 1 aliphatic rings. The van der Waals surface area contributed by atoms with Gasteiger partial charge < -0.3 is 14.2 Å². The van der Waals surface area contributed by atoms with Crippen LogP contribution in [0.1, 0.15) is 31.1 Å². The summed E-state index contributed by atoms with van der Waals surface area (Å²) in [7, 11) is 1.68. The number of furan rings is 1. The number of carbonyl (C=O) groups excluding carboxylic acids is 1. The van der Waals surface area contributed by atoms with Crippen LogP contribution in [0.4, 0.5) is 10.3 Å². The van der Waals surface area contributed by atoms with Gasteiger partial charge in [0.1, 0.15) is 11.6 Å². The first-order chi connectivity index (χ1) is 15.5. The third kappa shape index (κ3) is 5.32. The summed E-state index contributed by atoms with van der Waals surface area (Å²) < 4.78 is 21.5. The molecule has 4 rings (SSSR count). The molecule has 0 radical (unpaired) electrons. The predicted octanol–water partition coefficient (Wildman–Crippen LogP) is 4.05. The normalized spacial score (nSPS) is 14.7. The lowest BCUT2D eigenvalue weighted by atomic mass is 10.00. The van der Waals surface area contributed by atoms with E-state index in [4.69, 9.17) is 4.42 Å². The first-order valence-corrected chi connectivity index (χ1v) is 11.8. The molecule has 3 heterocycles. The monoisotopic (exact) mass is 457 g/mol. The minimum absolute atomic E-state index is 0.0980. The van der Waals surface area contributed by atoms with Crippen molar-refractivity contribution in [3.05, 3.63) is 59.8 Å². The van der Waals surface area contributed by atoms with Crippen molar-refractivity contribution < 1.29 is 13.6 Å². The standard InChI is InChI=1S/C23H28FN5O2S/c1-17-9-11-28(12-10-17)22-25-26-23(29(22)15-19-7-5-13-31-19)32-16-21(30)27(2)14-18-6-3-4-8-20(18)24/h3-8,13,17H,9-12,14-16H2,1-2H3. The van der Waals surface area contributed by atoms with E-state index >= 15 is 0 Å². The average Bonchev–Trinajstić information content (AvgIpc) is 3.45. The molecule has 1 saturated heterocycles. The minimum atomic E-state index is -0.307. The number of hydrogen-bond donors (Lipinski definition) is 0. The van der Waals surface area contributed by atoms with Crippen LogP contribution < -0.4 is 4.90 Å². The van der Waals surface area contributed by atoms with Gasteiger partial charge in [0.2, 0.25) is 11.9 Å². The highest BCUT2D eigenvalue weighted by molar-refractivity contribution is 7.99. The molecule has 32 heavy (non-hydrogen) atoms. The highest BCUT2D eigenvalue weighted by Gasteiger charge is 2.24. The molecular formula is C23H28FN5O2S. The summed E-state index contributed by atoms with van der Waals surface area (Å²) in [5, 5.41) is 9.50. The minimum Gasteiger partial charge on any atom is -0.467 e. The van der Waals surface area contributed by atoms with Gasteiger partial charge in [-0.2, -0.15) is 0 Å². The zero-order chi connectivity index (χ0) is 22.5. The molecule has 0 spiro atoms. The van der Waals surface area contributed by atoms with Gasteiger partial charge in [-0.05, 0) is 37.0 Å². The summed E-state index contributed by atoms with van der Waals surface area (Å²) in [6, 6.07) is 10.3. The molecule has 0 saturated carbocycles. The van der Waals surface area contributed by atoms with Gasteiger partial charge in [0.15, 0.2) is 5.16 Å². The number of benzene rings is 1. The summed E-state index contributed by atoms with van der Waals surface area (Å²) in [4.78, 5) is 16.5. The molecule has 170 valence electrons. The summed E-state index contributed by atoms with van der Waals surface area (Å²) >= 11 is 1.34. The Morgan fingerprint density at radius 3 is 2.72 bits per heavy atom. The largest absolute Gasteiger partial charge is 0.467 e. The highest BCUT2D eigenvalue weighted by atomic mass is 32.2. The maximum absolute atomic E-state index is 13.9. The summed E-state index contributed by atoms with van der Waals surface area (Å²) in [5.41, 5.74) is 0.496. The first-order valence-electron chi connectivity index (χ1n) is 10.8. The Labute approximate surface area is 191 Å². The van der Waals surface area contributed by atoms with Gasteiger partial charge in [-0.25, -0.2) is 4.39 Å². The van der Waals surface area contributed by atoms with E-state index < -0.39 is 0 Å². The van der Waals surface area contributed by atoms with Crippen molar-refractivity contribution >= 4 is 23.6 Å². The number of nitrogens with zero attached hydrogens (tertiary/aromatic N) is 5. The average molecular weight is 458 g/mol. The highest BCUT2D eigenvalue weighted by Crippen LogP contribution is 2.27. The number of aromatic nitrogens is 3. The zero-order valence-corrected chi connectivity index (χ0v) is 19.2. The van der Waals surface area contributed by atoms with Crippen molar-refractivity contribution in [2.75, 3.05) is 30.8 Å². The number of thioether (sulfide) groups is 1. The van der Waals surface area contributed by atoms with E-state index in [2.05, 4.69) is 22.0 Å². The molecule has 1 aliphatic heterocycles. The molecule has 1 fully saturated rings. The van der Waals surface area contributed by atoms with E-state index in [1.807, 2.05) is 16.7 Å². The number of halogens is 1. The Kier molecular flexibility index (Phi) is 7.14. The van der Waals surface area contributed by atoms with Gasteiger partial charge in [-0.1, -0.05) is 36.9 Å². The Bertz CT molecular complexity index is 1030. The van der Waals surface area contributed by atoms with E-state index in [1.54, 1.807) is 31.5 Å². The van der Waals surface area contributed by atoms with Gasteiger partial charge in [-0.15, -0.1) is 10.2 Å². The zero-order valence-electron chi connectivity index (χ0n) is 18.4. The molecular weight excluding hydrogens is 429 g/mol. The van der Waals surface area contributed by atoms with E-state index in [1.165, 1.54) is 22.7 Å². The fourth-order valence-electron chi connectivity index (χ4n) is 3.73. The smallest absolute Gasteiger partial charge is 0.233 e. The van der Waals surface area contributed by atoms with E-state index in [0.717, 1.165) is 37.6 Å². The Morgan fingerprint density at radius 2 is 2.00 bits per heavy atom. The molecule has 0 N–H and O–H groups in total. The third-order valence-electron chi connectivity index (χ3n) is 5.77. The van der Waals surface area contributed by atoms with Crippen molar-refractivity contribution in [2.45, 2.75) is 38.0 Å². The Morgan fingerprint density at radius 1 is 1.22 bits per heavy atom. The number of carbonyl (C=O) groups is 1. The van der Waals surface area contributed by atoms with Crippen LogP contribution in [0.15, 0.2) is 52.2 Å². The van der Waals surface area contributed by atoms with Crippen LogP contribution in [0.5, 0.6) is 0 Å². The number of anilines is 1. The number of piperidine rings is 1. The van der Waals surface area contributed by atoms with Crippen LogP contribution in [-0.4, -0.2) is 51.5 Å². The van der Waals surface area contributed by atoms with Crippen LogP contribution in [0, 0.1) is 11.7 Å². The van der Waals surface area contributed by atoms with Crippen molar-refractivity contribution in [3.63, 3.8) is 0 Å². The molecule has 3 aromatic rings. The molecule has 7 nitrogen and oxygen atoms in total.